The Labute approximate surface area is 101 Å². The summed E-state index contributed by atoms with van der Waals surface area (Å²) in [6, 6.07) is 0. The van der Waals surface area contributed by atoms with Gasteiger partial charge in [0.2, 0.25) is 0 Å². The minimum absolute atomic E-state index is 0.189. The summed E-state index contributed by atoms with van der Waals surface area (Å²) in [5, 5.41) is 45.4. The van der Waals surface area contributed by atoms with E-state index in [-0.39, 0.29) is 6.29 Å². The van der Waals surface area contributed by atoms with E-state index in [0.29, 0.717) is 0 Å². The number of phosphoric acid groups is 1. The third-order valence-electron chi connectivity index (χ3n) is 2.01. The van der Waals surface area contributed by atoms with Gasteiger partial charge in [-0.2, -0.15) is 0 Å². The zero-order chi connectivity index (χ0) is 14.5. The Morgan fingerprint density at radius 1 is 1.06 bits per heavy atom. The van der Waals surface area contributed by atoms with Gasteiger partial charge in [-0.25, -0.2) is 4.57 Å². The summed E-state index contributed by atoms with van der Waals surface area (Å²) in [4.78, 5) is 27.3. The van der Waals surface area contributed by atoms with E-state index in [1.165, 1.54) is 0 Å². The van der Waals surface area contributed by atoms with Crippen LogP contribution in [-0.2, 0) is 13.9 Å². The standard InChI is InChI=1S/C7H15O10P/c8-1-3(10)5(11)7(13)6(12)4(2-9)17-18(14,15)16/h2-8,10-13H,1H2,(H2,14,15,16). The first-order valence-electron chi connectivity index (χ1n) is 4.66. The van der Waals surface area contributed by atoms with E-state index in [1.54, 1.807) is 0 Å². The van der Waals surface area contributed by atoms with Crippen LogP contribution in [0.25, 0.3) is 0 Å². The van der Waals surface area contributed by atoms with Gasteiger partial charge in [0.05, 0.1) is 6.61 Å². The minimum atomic E-state index is -5.09. The molecule has 0 aromatic carbocycles. The number of carbonyl (C=O) groups excluding carboxylic acids is 1. The van der Waals surface area contributed by atoms with E-state index in [2.05, 4.69) is 4.52 Å². The maximum Gasteiger partial charge on any atom is 0.470 e. The molecule has 108 valence electrons. The summed E-state index contributed by atoms with van der Waals surface area (Å²) in [6.45, 7) is -0.934. The van der Waals surface area contributed by atoms with Gasteiger partial charge < -0.3 is 40.1 Å². The quantitative estimate of drug-likeness (QED) is 0.172. The fourth-order valence-electron chi connectivity index (χ4n) is 1.06. The normalized spacial score (nSPS) is 20.8. The van der Waals surface area contributed by atoms with Crippen molar-refractivity contribution >= 4 is 14.1 Å². The summed E-state index contributed by atoms with van der Waals surface area (Å²) < 4.78 is 14.3. The van der Waals surface area contributed by atoms with Crippen molar-refractivity contribution in [3.8, 4) is 0 Å². The average molecular weight is 290 g/mol. The van der Waals surface area contributed by atoms with Crippen molar-refractivity contribution in [3.63, 3.8) is 0 Å². The first-order valence-corrected chi connectivity index (χ1v) is 6.19. The van der Waals surface area contributed by atoms with Crippen molar-refractivity contribution in [2.45, 2.75) is 30.5 Å². The highest BCUT2D eigenvalue weighted by Gasteiger charge is 2.37. The number of carbonyl (C=O) groups is 1. The Balaban J connectivity index is 4.73. The van der Waals surface area contributed by atoms with Crippen molar-refractivity contribution in [3.05, 3.63) is 0 Å². The summed E-state index contributed by atoms with van der Waals surface area (Å²) in [7, 11) is -5.09. The van der Waals surface area contributed by atoms with Crippen LogP contribution in [0.15, 0.2) is 0 Å². The first-order chi connectivity index (χ1) is 8.14. The number of aliphatic hydroxyl groups excluding tert-OH is 5. The van der Waals surface area contributed by atoms with Gasteiger partial charge in [0.15, 0.2) is 12.4 Å². The van der Waals surface area contributed by atoms with Crippen molar-refractivity contribution in [1.82, 2.24) is 0 Å². The molecule has 0 aliphatic carbocycles. The highest BCUT2D eigenvalue weighted by atomic mass is 31.2. The van der Waals surface area contributed by atoms with Crippen LogP contribution >= 0.6 is 7.82 Å². The molecule has 11 heteroatoms. The van der Waals surface area contributed by atoms with Crippen molar-refractivity contribution in [2.75, 3.05) is 6.61 Å². The average Bonchev–Trinajstić information content (AvgIpc) is 2.30. The van der Waals surface area contributed by atoms with Crippen molar-refractivity contribution in [2.24, 2.45) is 0 Å². The molecular formula is C7H15O10P. The second-order valence-corrected chi connectivity index (χ2v) is 4.61. The zero-order valence-electron chi connectivity index (χ0n) is 8.97. The summed E-state index contributed by atoms with van der Waals surface area (Å²) in [5.41, 5.74) is 0. The maximum atomic E-state index is 10.5. The summed E-state index contributed by atoms with van der Waals surface area (Å²) in [6.07, 6.45) is -10.5. The predicted molar refractivity (Wildman–Crippen MR) is 54.1 cm³/mol. The van der Waals surface area contributed by atoms with Gasteiger partial charge in [0.25, 0.3) is 0 Å². The van der Waals surface area contributed by atoms with E-state index in [0.717, 1.165) is 0 Å². The van der Waals surface area contributed by atoms with Crippen LogP contribution in [0.2, 0.25) is 0 Å². The molecule has 0 saturated heterocycles. The first kappa shape index (κ1) is 17.6. The van der Waals surface area contributed by atoms with E-state index in [1.807, 2.05) is 0 Å². The predicted octanol–water partition coefficient (Wildman–Crippen LogP) is -3.90. The highest BCUT2D eigenvalue weighted by Crippen LogP contribution is 2.38. The van der Waals surface area contributed by atoms with E-state index < -0.39 is 44.9 Å². The molecule has 18 heavy (non-hydrogen) atoms. The van der Waals surface area contributed by atoms with Gasteiger partial charge in [-0.3, -0.25) is 4.52 Å². The molecule has 0 fully saturated rings. The Morgan fingerprint density at radius 3 is 1.89 bits per heavy atom. The fourth-order valence-corrected chi connectivity index (χ4v) is 1.55. The van der Waals surface area contributed by atoms with Crippen LogP contribution in [0.5, 0.6) is 0 Å². The van der Waals surface area contributed by atoms with E-state index in [4.69, 9.17) is 20.0 Å². The molecule has 5 unspecified atom stereocenters. The smallest absolute Gasteiger partial charge is 0.394 e. The molecule has 0 bridgehead atoms. The van der Waals surface area contributed by atoms with Gasteiger partial charge in [-0.05, 0) is 0 Å². The second kappa shape index (κ2) is 7.24. The molecule has 10 nitrogen and oxygen atoms in total. The molecule has 0 saturated carbocycles. The maximum absolute atomic E-state index is 10.5. The molecule has 0 aliphatic rings. The highest BCUT2D eigenvalue weighted by molar-refractivity contribution is 7.46. The Morgan fingerprint density at radius 2 is 1.56 bits per heavy atom. The Kier molecular flexibility index (Phi) is 7.07. The molecule has 0 spiro atoms. The SMILES string of the molecule is O=CC(OP(=O)(O)O)C(O)C(O)C(O)C(O)CO. The lowest BCUT2D eigenvalue weighted by Crippen LogP contribution is -2.50. The van der Waals surface area contributed by atoms with Gasteiger partial charge in [-0.15, -0.1) is 0 Å². The van der Waals surface area contributed by atoms with E-state index >= 15 is 0 Å². The topological polar surface area (TPSA) is 185 Å². The van der Waals surface area contributed by atoms with Crippen LogP contribution in [0, 0.1) is 0 Å². The molecule has 7 N–H and O–H groups in total. The van der Waals surface area contributed by atoms with Crippen LogP contribution < -0.4 is 0 Å². The van der Waals surface area contributed by atoms with Crippen LogP contribution in [-0.4, -0.2) is 78.7 Å². The van der Waals surface area contributed by atoms with Crippen LogP contribution in [0.1, 0.15) is 0 Å². The lowest BCUT2D eigenvalue weighted by atomic mass is 10.0. The molecule has 0 aromatic heterocycles. The number of rotatable bonds is 8. The molecule has 0 aromatic rings. The van der Waals surface area contributed by atoms with Gasteiger partial charge in [-0.1, -0.05) is 0 Å². The lowest BCUT2D eigenvalue weighted by molar-refractivity contribution is -0.146. The molecule has 0 amide bonds. The van der Waals surface area contributed by atoms with Gasteiger partial charge in [0, 0.05) is 0 Å². The monoisotopic (exact) mass is 290 g/mol. The number of aldehydes is 1. The van der Waals surface area contributed by atoms with Crippen LogP contribution in [0.3, 0.4) is 0 Å². The molecule has 0 aliphatic heterocycles. The van der Waals surface area contributed by atoms with E-state index in [9.17, 15) is 24.7 Å². The van der Waals surface area contributed by atoms with Crippen molar-refractivity contribution < 1.29 is 49.2 Å². The van der Waals surface area contributed by atoms with Gasteiger partial charge in [0.1, 0.15) is 24.4 Å². The number of hydrogen-bond donors (Lipinski definition) is 7. The molecule has 0 heterocycles. The number of phosphoric ester groups is 1. The lowest BCUT2D eigenvalue weighted by Gasteiger charge is -2.28. The second-order valence-electron chi connectivity index (χ2n) is 3.42. The number of hydrogen-bond acceptors (Lipinski definition) is 8. The third-order valence-corrected chi connectivity index (χ3v) is 2.53. The van der Waals surface area contributed by atoms with Crippen molar-refractivity contribution in [1.29, 1.82) is 0 Å². The fraction of sp³-hybridized carbons (Fsp3) is 0.857. The Hall–Kier alpha value is -0.420. The molecular weight excluding hydrogens is 275 g/mol. The van der Waals surface area contributed by atoms with Gasteiger partial charge >= 0.3 is 7.82 Å². The largest absolute Gasteiger partial charge is 0.470 e. The summed E-state index contributed by atoms with van der Waals surface area (Å²) >= 11 is 0. The molecule has 0 radical (unpaired) electrons. The molecule has 5 atom stereocenters. The van der Waals surface area contributed by atoms with Crippen LogP contribution in [0.4, 0.5) is 0 Å². The third kappa shape index (κ3) is 5.48. The Bertz CT molecular complexity index is 303. The zero-order valence-corrected chi connectivity index (χ0v) is 9.87. The number of aliphatic hydroxyl groups is 5. The minimum Gasteiger partial charge on any atom is -0.394 e. The summed E-state index contributed by atoms with van der Waals surface area (Å²) in [5.74, 6) is 0. The molecule has 0 rings (SSSR count).